The SMILES string of the molecule is CCOC(=O)CCC(NC(=O)CCSc1ccccc1)C(=O)OCC. The Morgan fingerprint density at radius 1 is 1.04 bits per heavy atom. The minimum atomic E-state index is -0.835. The van der Waals surface area contributed by atoms with Crippen LogP contribution in [0.4, 0.5) is 0 Å². The molecule has 1 aromatic carbocycles. The van der Waals surface area contributed by atoms with Crippen LogP contribution in [0.25, 0.3) is 0 Å². The number of carbonyl (C=O) groups excluding carboxylic acids is 3. The highest BCUT2D eigenvalue weighted by molar-refractivity contribution is 7.99. The lowest BCUT2D eigenvalue weighted by Crippen LogP contribution is -2.42. The van der Waals surface area contributed by atoms with Crippen LogP contribution in [-0.4, -0.2) is 42.9 Å². The molecule has 0 saturated heterocycles. The van der Waals surface area contributed by atoms with E-state index in [1.807, 2.05) is 30.3 Å². The fourth-order valence-electron chi connectivity index (χ4n) is 2.03. The summed E-state index contributed by atoms with van der Waals surface area (Å²) < 4.78 is 9.80. The summed E-state index contributed by atoms with van der Waals surface area (Å²) in [7, 11) is 0. The molecule has 1 unspecified atom stereocenters. The Hall–Kier alpha value is -2.02. The van der Waals surface area contributed by atoms with Gasteiger partial charge in [-0.1, -0.05) is 18.2 Å². The molecule has 1 aromatic rings. The summed E-state index contributed by atoms with van der Waals surface area (Å²) in [4.78, 5) is 36.6. The molecule has 25 heavy (non-hydrogen) atoms. The number of benzene rings is 1. The van der Waals surface area contributed by atoms with E-state index in [0.29, 0.717) is 5.75 Å². The average molecular weight is 367 g/mol. The van der Waals surface area contributed by atoms with Crippen molar-refractivity contribution in [2.75, 3.05) is 19.0 Å². The van der Waals surface area contributed by atoms with Crippen molar-refractivity contribution in [3.8, 4) is 0 Å². The van der Waals surface area contributed by atoms with Crippen LogP contribution < -0.4 is 5.32 Å². The van der Waals surface area contributed by atoms with Crippen molar-refractivity contribution >= 4 is 29.6 Å². The molecule has 1 amide bonds. The van der Waals surface area contributed by atoms with E-state index in [-0.39, 0.29) is 38.4 Å². The molecule has 0 aliphatic heterocycles. The number of carbonyl (C=O) groups is 3. The molecule has 0 spiro atoms. The Kier molecular flexibility index (Phi) is 10.4. The van der Waals surface area contributed by atoms with Gasteiger partial charge in [0.2, 0.25) is 5.91 Å². The number of hydrogen-bond donors (Lipinski definition) is 1. The van der Waals surface area contributed by atoms with E-state index in [9.17, 15) is 14.4 Å². The fraction of sp³-hybridized carbons (Fsp3) is 0.500. The Morgan fingerprint density at radius 3 is 2.36 bits per heavy atom. The lowest BCUT2D eigenvalue weighted by atomic mass is 10.1. The third-order valence-corrected chi connectivity index (χ3v) is 4.20. The maximum absolute atomic E-state index is 12.1. The smallest absolute Gasteiger partial charge is 0.328 e. The van der Waals surface area contributed by atoms with Crippen molar-refractivity contribution in [1.82, 2.24) is 5.32 Å². The third kappa shape index (κ3) is 9.14. The summed E-state index contributed by atoms with van der Waals surface area (Å²) >= 11 is 1.57. The Labute approximate surface area is 152 Å². The standard InChI is InChI=1S/C18H25NO5S/c1-3-23-17(21)11-10-15(18(22)24-4-2)19-16(20)12-13-25-14-8-6-5-7-9-14/h5-9,15H,3-4,10-13H2,1-2H3,(H,19,20). The molecular formula is C18H25NO5S. The monoisotopic (exact) mass is 367 g/mol. The molecule has 0 aliphatic rings. The number of rotatable bonds is 11. The Bertz CT molecular complexity index is 550. The van der Waals surface area contributed by atoms with Crippen LogP contribution in [0, 0.1) is 0 Å². The van der Waals surface area contributed by atoms with Crippen molar-refractivity contribution in [2.45, 2.75) is 44.0 Å². The number of hydrogen-bond acceptors (Lipinski definition) is 6. The van der Waals surface area contributed by atoms with E-state index < -0.39 is 18.0 Å². The second-order valence-corrected chi connectivity index (χ2v) is 6.30. The first-order valence-electron chi connectivity index (χ1n) is 8.36. The zero-order chi connectivity index (χ0) is 18.5. The summed E-state index contributed by atoms with van der Waals surface area (Å²) in [5.74, 6) is -0.574. The molecule has 138 valence electrons. The highest BCUT2D eigenvalue weighted by Gasteiger charge is 2.23. The Morgan fingerprint density at radius 2 is 1.72 bits per heavy atom. The quantitative estimate of drug-likeness (QED) is 0.478. The maximum atomic E-state index is 12.1. The molecule has 1 rings (SSSR count). The second-order valence-electron chi connectivity index (χ2n) is 5.13. The van der Waals surface area contributed by atoms with E-state index in [4.69, 9.17) is 9.47 Å². The molecule has 0 radical (unpaired) electrons. The molecule has 0 aliphatic carbocycles. The Balaban J connectivity index is 2.44. The van der Waals surface area contributed by atoms with Gasteiger partial charge in [0.1, 0.15) is 6.04 Å². The van der Waals surface area contributed by atoms with Gasteiger partial charge in [-0.2, -0.15) is 0 Å². The van der Waals surface area contributed by atoms with Gasteiger partial charge in [-0.3, -0.25) is 9.59 Å². The van der Waals surface area contributed by atoms with Crippen molar-refractivity contribution < 1.29 is 23.9 Å². The van der Waals surface area contributed by atoms with Gasteiger partial charge in [0.15, 0.2) is 0 Å². The number of esters is 2. The number of ether oxygens (including phenoxy) is 2. The summed E-state index contributed by atoms with van der Waals surface area (Å²) in [6, 6.07) is 8.93. The van der Waals surface area contributed by atoms with Crippen LogP contribution >= 0.6 is 11.8 Å². The van der Waals surface area contributed by atoms with Gasteiger partial charge < -0.3 is 14.8 Å². The first kappa shape index (κ1) is 21.0. The summed E-state index contributed by atoms with van der Waals surface area (Å²) in [6.07, 6.45) is 0.487. The van der Waals surface area contributed by atoms with Crippen LogP contribution in [0.1, 0.15) is 33.1 Å². The highest BCUT2D eigenvalue weighted by atomic mass is 32.2. The van der Waals surface area contributed by atoms with E-state index in [1.165, 1.54) is 0 Å². The predicted molar refractivity (Wildman–Crippen MR) is 96.2 cm³/mol. The summed E-state index contributed by atoms with van der Waals surface area (Å²) in [6.45, 7) is 3.91. The average Bonchev–Trinajstić information content (AvgIpc) is 2.60. The van der Waals surface area contributed by atoms with Crippen LogP contribution in [-0.2, 0) is 23.9 Å². The lowest BCUT2D eigenvalue weighted by molar-refractivity contribution is -0.148. The van der Waals surface area contributed by atoms with Crippen LogP contribution in [0.3, 0.4) is 0 Å². The largest absolute Gasteiger partial charge is 0.466 e. The second kappa shape index (κ2) is 12.4. The number of nitrogens with one attached hydrogen (secondary N) is 1. The highest BCUT2D eigenvalue weighted by Crippen LogP contribution is 2.17. The zero-order valence-corrected chi connectivity index (χ0v) is 15.5. The maximum Gasteiger partial charge on any atom is 0.328 e. The number of amides is 1. The first-order chi connectivity index (χ1) is 12.1. The van der Waals surface area contributed by atoms with E-state index in [0.717, 1.165) is 4.90 Å². The van der Waals surface area contributed by atoms with Crippen molar-refractivity contribution in [1.29, 1.82) is 0 Å². The van der Waals surface area contributed by atoms with Crippen molar-refractivity contribution in [2.24, 2.45) is 0 Å². The van der Waals surface area contributed by atoms with Crippen LogP contribution in [0.15, 0.2) is 35.2 Å². The number of thioether (sulfide) groups is 1. The van der Waals surface area contributed by atoms with Gasteiger partial charge >= 0.3 is 11.9 Å². The van der Waals surface area contributed by atoms with Crippen LogP contribution in [0.2, 0.25) is 0 Å². The normalized spacial score (nSPS) is 11.4. The molecule has 6 nitrogen and oxygen atoms in total. The van der Waals surface area contributed by atoms with Gasteiger partial charge in [0.05, 0.1) is 13.2 Å². The van der Waals surface area contributed by atoms with E-state index >= 15 is 0 Å². The molecule has 0 bridgehead atoms. The van der Waals surface area contributed by atoms with Gasteiger partial charge in [0.25, 0.3) is 0 Å². The molecule has 0 aromatic heterocycles. The van der Waals surface area contributed by atoms with Gasteiger partial charge in [-0.25, -0.2) is 4.79 Å². The predicted octanol–water partition coefficient (Wildman–Crippen LogP) is 2.56. The molecule has 0 saturated carbocycles. The van der Waals surface area contributed by atoms with Gasteiger partial charge in [-0.15, -0.1) is 11.8 Å². The molecule has 1 N–H and O–H groups in total. The summed E-state index contributed by atoms with van der Waals surface area (Å²) in [5, 5.41) is 2.65. The van der Waals surface area contributed by atoms with Gasteiger partial charge in [0, 0.05) is 23.5 Å². The first-order valence-corrected chi connectivity index (χ1v) is 9.34. The van der Waals surface area contributed by atoms with Crippen molar-refractivity contribution in [3.05, 3.63) is 30.3 Å². The van der Waals surface area contributed by atoms with Crippen molar-refractivity contribution in [3.63, 3.8) is 0 Å². The molecule has 7 heteroatoms. The third-order valence-electron chi connectivity index (χ3n) is 3.19. The molecular weight excluding hydrogens is 342 g/mol. The van der Waals surface area contributed by atoms with E-state index in [1.54, 1.807) is 25.6 Å². The minimum Gasteiger partial charge on any atom is -0.466 e. The zero-order valence-electron chi connectivity index (χ0n) is 14.7. The molecule has 1 atom stereocenters. The van der Waals surface area contributed by atoms with Gasteiger partial charge in [-0.05, 0) is 32.4 Å². The van der Waals surface area contributed by atoms with E-state index in [2.05, 4.69) is 5.32 Å². The lowest BCUT2D eigenvalue weighted by Gasteiger charge is -2.17. The minimum absolute atomic E-state index is 0.0520. The van der Waals surface area contributed by atoms with Crippen LogP contribution in [0.5, 0.6) is 0 Å². The molecule has 0 fully saturated rings. The summed E-state index contributed by atoms with van der Waals surface area (Å²) in [5.41, 5.74) is 0. The molecule has 0 heterocycles. The fourth-order valence-corrected chi connectivity index (χ4v) is 2.90. The topological polar surface area (TPSA) is 81.7 Å².